The molecule has 2 aromatic heterocycles. The summed E-state index contributed by atoms with van der Waals surface area (Å²) in [5.74, 6) is -5.72. The fourth-order valence-electron chi connectivity index (χ4n) is 4.66. The van der Waals surface area contributed by atoms with Crippen molar-refractivity contribution in [2.45, 2.75) is 23.8 Å². The number of methoxy groups -OCH3 is 1. The van der Waals surface area contributed by atoms with Crippen molar-refractivity contribution in [1.29, 1.82) is 0 Å². The molecule has 1 aliphatic heterocycles. The summed E-state index contributed by atoms with van der Waals surface area (Å²) in [7, 11) is -1.59. The number of halogens is 4. The maximum atomic E-state index is 15.6. The van der Waals surface area contributed by atoms with Crippen LogP contribution >= 0.6 is 0 Å². The minimum Gasteiger partial charge on any atom is -0.480 e. The van der Waals surface area contributed by atoms with Crippen LogP contribution in [0.5, 0.6) is 5.88 Å². The van der Waals surface area contributed by atoms with E-state index in [9.17, 15) is 22.0 Å². The Morgan fingerprint density at radius 3 is 2.54 bits per heavy atom. The number of amides is 1. The molecule has 0 unspecified atom stereocenters. The fraction of sp³-hybridized carbons (Fsp3) is 0.269. The number of nitrogens with zero attached hydrogens (tertiary/aromatic N) is 3. The summed E-state index contributed by atoms with van der Waals surface area (Å²) in [5.41, 5.74) is -2.53. The Morgan fingerprint density at radius 1 is 1.10 bits per heavy atom. The van der Waals surface area contributed by atoms with E-state index in [2.05, 4.69) is 25.4 Å². The molecule has 1 aliphatic rings. The normalized spacial score (nSPS) is 14.8. The van der Waals surface area contributed by atoms with Gasteiger partial charge in [0.1, 0.15) is 22.8 Å². The highest BCUT2D eigenvalue weighted by atomic mass is 32.2. The van der Waals surface area contributed by atoms with Gasteiger partial charge in [-0.1, -0.05) is 6.07 Å². The Balaban J connectivity index is 1.48. The van der Waals surface area contributed by atoms with Crippen LogP contribution < -0.4 is 14.8 Å². The lowest BCUT2D eigenvalue weighted by Crippen LogP contribution is -2.43. The number of hydrogen-bond acceptors (Lipinski definition) is 7. The number of aromatic amines is 1. The lowest BCUT2D eigenvalue weighted by atomic mass is 10.0. The van der Waals surface area contributed by atoms with Crippen LogP contribution in [0.2, 0.25) is 0 Å². The van der Waals surface area contributed by atoms with Crippen LogP contribution in [-0.2, 0) is 10.0 Å². The van der Waals surface area contributed by atoms with Crippen LogP contribution in [0.15, 0.2) is 41.4 Å². The minimum absolute atomic E-state index is 0.00974. The molecule has 3 heterocycles. The lowest BCUT2D eigenvalue weighted by molar-refractivity contribution is 0.0913. The first kappa shape index (κ1) is 28.3. The van der Waals surface area contributed by atoms with Gasteiger partial charge in [-0.25, -0.2) is 31.0 Å². The van der Waals surface area contributed by atoms with E-state index in [1.165, 1.54) is 6.07 Å². The number of carbonyl (C=O) groups excluding carboxylic acids is 1. The van der Waals surface area contributed by atoms with Crippen molar-refractivity contribution >= 4 is 32.5 Å². The molecule has 0 radical (unpaired) electrons. The predicted molar refractivity (Wildman–Crippen MR) is 141 cm³/mol. The van der Waals surface area contributed by atoms with Crippen LogP contribution in [0.3, 0.4) is 0 Å². The molecular weight excluding hydrogens is 568 g/mol. The third-order valence-corrected chi connectivity index (χ3v) is 8.18. The molecule has 0 spiro atoms. The van der Waals surface area contributed by atoms with Crippen molar-refractivity contribution in [3.05, 3.63) is 65.5 Å². The van der Waals surface area contributed by atoms with E-state index in [1.807, 2.05) is 11.8 Å². The number of anilines is 1. The second kappa shape index (κ2) is 11.0. The SMILES string of the molecule is COc1ncc(F)cc1S(=O)(=O)Nc1ccc(F)c(-c2ccc3c(C(=O)NC4CCN(C)CC4)[nH]nc3c2F)c1F. The van der Waals surface area contributed by atoms with E-state index < -0.39 is 66.8 Å². The first-order chi connectivity index (χ1) is 19.5. The molecule has 41 heavy (non-hydrogen) atoms. The molecule has 0 bridgehead atoms. The number of nitrogens with one attached hydrogen (secondary N) is 3. The molecule has 0 saturated carbocycles. The monoisotopic (exact) mass is 592 g/mol. The van der Waals surface area contributed by atoms with Gasteiger partial charge in [0, 0.05) is 23.1 Å². The zero-order chi connectivity index (χ0) is 29.5. The second-order valence-electron chi connectivity index (χ2n) is 9.52. The molecule has 1 saturated heterocycles. The predicted octanol–water partition coefficient (Wildman–Crippen LogP) is 3.81. The number of likely N-dealkylation sites (tertiary alicyclic amines) is 1. The van der Waals surface area contributed by atoms with Gasteiger partial charge in [-0.2, -0.15) is 5.10 Å². The van der Waals surface area contributed by atoms with Crippen molar-refractivity contribution in [1.82, 2.24) is 25.4 Å². The van der Waals surface area contributed by atoms with Crippen molar-refractivity contribution in [2.24, 2.45) is 0 Å². The Hall–Kier alpha value is -4.24. The summed E-state index contributed by atoms with van der Waals surface area (Å²) >= 11 is 0. The van der Waals surface area contributed by atoms with Gasteiger partial charge in [0.2, 0.25) is 5.88 Å². The van der Waals surface area contributed by atoms with E-state index in [0.717, 1.165) is 57.4 Å². The number of pyridine rings is 1. The van der Waals surface area contributed by atoms with Gasteiger partial charge in [-0.3, -0.25) is 14.6 Å². The molecular formula is C26H24F4N6O4S. The summed E-state index contributed by atoms with van der Waals surface area (Å²) in [6.07, 6.45) is 2.22. The average Bonchev–Trinajstić information content (AvgIpc) is 3.38. The summed E-state index contributed by atoms with van der Waals surface area (Å²) in [6, 6.07) is 4.44. The highest BCUT2D eigenvalue weighted by molar-refractivity contribution is 7.92. The topological polar surface area (TPSA) is 129 Å². The van der Waals surface area contributed by atoms with E-state index >= 15 is 8.78 Å². The van der Waals surface area contributed by atoms with Gasteiger partial charge >= 0.3 is 0 Å². The standard InChI is InChI=1S/C26H24F4N6O4S/c1-36-9-7-14(8-10-36)32-25(37)24-16-4-3-15(21(29)23(16)33-34-24)20-17(28)5-6-18(22(20)30)35-41(38,39)19-11-13(27)12-31-26(19)40-2/h3-6,11-12,14,35H,7-10H2,1-2H3,(H,32,37)(H,33,34). The van der Waals surface area contributed by atoms with Crippen LogP contribution in [0, 0.1) is 23.3 Å². The number of hydrogen-bond donors (Lipinski definition) is 3. The van der Waals surface area contributed by atoms with Gasteiger partial charge in [0.25, 0.3) is 15.9 Å². The van der Waals surface area contributed by atoms with Gasteiger partial charge < -0.3 is 15.0 Å². The van der Waals surface area contributed by atoms with Gasteiger partial charge in [0.15, 0.2) is 16.5 Å². The Morgan fingerprint density at radius 2 is 1.83 bits per heavy atom. The maximum Gasteiger partial charge on any atom is 0.270 e. The molecule has 3 N–H and O–H groups in total. The number of fused-ring (bicyclic) bond motifs is 1. The van der Waals surface area contributed by atoms with Gasteiger partial charge in [-0.15, -0.1) is 0 Å². The highest BCUT2D eigenvalue weighted by Crippen LogP contribution is 2.36. The van der Waals surface area contributed by atoms with E-state index in [1.54, 1.807) is 0 Å². The third-order valence-electron chi connectivity index (χ3n) is 6.82. The lowest BCUT2D eigenvalue weighted by Gasteiger charge is -2.29. The number of sulfonamides is 1. The number of aromatic nitrogens is 3. The second-order valence-corrected chi connectivity index (χ2v) is 11.2. The van der Waals surface area contributed by atoms with Crippen LogP contribution in [0.4, 0.5) is 23.2 Å². The summed E-state index contributed by atoms with van der Waals surface area (Å²) in [6.45, 7) is 1.62. The summed E-state index contributed by atoms with van der Waals surface area (Å²) < 4.78 is 92.3. The number of carbonyl (C=O) groups is 1. The zero-order valence-electron chi connectivity index (χ0n) is 21.8. The molecule has 4 aromatic rings. The van der Waals surface area contributed by atoms with E-state index in [4.69, 9.17) is 4.74 Å². The number of H-pyrrole nitrogens is 1. The first-order valence-electron chi connectivity index (χ1n) is 12.4. The highest BCUT2D eigenvalue weighted by Gasteiger charge is 2.28. The molecule has 5 rings (SSSR count). The van der Waals surface area contributed by atoms with Gasteiger partial charge in [0.05, 0.1) is 24.6 Å². The van der Waals surface area contributed by atoms with E-state index in [0.29, 0.717) is 6.07 Å². The molecule has 15 heteroatoms. The third kappa shape index (κ3) is 5.41. The average molecular weight is 593 g/mol. The number of piperidine rings is 1. The van der Waals surface area contributed by atoms with Gasteiger partial charge in [-0.05, 0) is 51.2 Å². The number of benzene rings is 2. The van der Waals surface area contributed by atoms with Crippen LogP contribution in [0.1, 0.15) is 23.3 Å². The van der Waals surface area contributed by atoms with Crippen molar-refractivity contribution in [3.63, 3.8) is 0 Å². The Kier molecular flexibility index (Phi) is 7.57. The van der Waals surface area contributed by atoms with Crippen LogP contribution in [0.25, 0.3) is 22.0 Å². The molecule has 1 fully saturated rings. The molecule has 216 valence electrons. The molecule has 2 aromatic carbocycles. The molecule has 10 nitrogen and oxygen atoms in total. The first-order valence-corrected chi connectivity index (χ1v) is 13.8. The Bertz CT molecular complexity index is 1760. The van der Waals surface area contributed by atoms with Crippen molar-refractivity contribution in [3.8, 4) is 17.0 Å². The quantitative estimate of drug-likeness (QED) is 0.278. The number of ether oxygens (including phenoxy) is 1. The summed E-state index contributed by atoms with van der Waals surface area (Å²) in [4.78, 5) is 17.8. The maximum absolute atomic E-state index is 15.6. The Labute approximate surface area is 231 Å². The van der Waals surface area contributed by atoms with Crippen molar-refractivity contribution in [2.75, 3.05) is 32.0 Å². The summed E-state index contributed by atoms with van der Waals surface area (Å²) in [5, 5.41) is 9.34. The molecule has 1 amide bonds. The fourth-order valence-corrected chi connectivity index (χ4v) is 5.85. The largest absolute Gasteiger partial charge is 0.480 e. The smallest absolute Gasteiger partial charge is 0.270 e. The minimum atomic E-state index is -4.68. The zero-order valence-corrected chi connectivity index (χ0v) is 22.6. The van der Waals surface area contributed by atoms with Crippen molar-refractivity contribution < 1.29 is 35.5 Å². The molecule has 0 aliphatic carbocycles. The number of rotatable bonds is 7. The molecule has 0 atom stereocenters. The van der Waals surface area contributed by atoms with E-state index in [-0.39, 0.29) is 22.6 Å². The van der Waals surface area contributed by atoms with Crippen LogP contribution in [-0.4, -0.2) is 67.7 Å².